The summed E-state index contributed by atoms with van der Waals surface area (Å²) >= 11 is 0. The molecule has 1 aliphatic heterocycles. The molecule has 3 heterocycles. The van der Waals surface area contributed by atoms with Crippen LogP contribution in [0.5, 0.6) is 5.75 Å². The maximum atomic E-state index is 12.9. The van der Waals surface area contributed by atoms with Crippen LogP contribution in [0.25, 0.3) is 16.5 Å². The van der Waals surface area contributed by atoms with E-state index in [0.717, 1.165) is 58.8 Å². The van der Waals surface area contributed by atoms with Gasteiger partial charge in [-0.2, -0.15) is 0 Å². The fourth-order valence-electron chi connectivity index (χ4n) is 4.05. The van der Waals surface area contributed by atoms with E-state index in [0.29, 0.717) is 18.8 Å². The van der Waals surface area contributed by atoms with Crippen molar-refractivity contribution in [2.24, 2.45) is 0 Å². The Morgan fingerprint density at radius 3 is 2.65 bits per heavy atom. The molecule has 162 valence electrons. The van der Waals surface area contributed by atoms with Crippen LogP contribution < -0.4 is 4.74 Å². The molecule has 0 unspecified atom stereocenters. The lowest BCUT2D eigenvalue weighted by Gasteiger charge is -2.34. The summed E-state index contributed by atoms with van der Waals surface area (Å²) in [6.45, 7) is 9.90. The van der Waals surface area contributed by atoms with E-state index in [1.165, 1.54) is 0 Å². The minimum absolute atomic E-state index is 0.0391. The summed E-state index contributed by atoms with van der Waals surface area (Å²) in [7, 11) is 1.64. The van der Waals surface area contributed by atoms with E-state index in [2.05, 4.69) is 16.0 Å². The van der Waals surface area contributed by atoms with Crippen molar-refractivity contribution in [3.8, 4) is 5.75 Å². The van der Waals surface area contributed by atoms with Crippen LogP contribution in [0.2, 0.25) is 0 Å². The average molecular weight is 420 g/mol. The summed E-state index contributed by atoms with van der Waals surface area (Å²) in [6.07, 6.45) is 3.54. The van der Waals surface area contributed by atoms with E-state index >= 15 is 0 Å². The van der Waals surface area contributed by atoms with E-state index in [4.69, 9.17) is 9.15 Å². The van der Waals surface area contributed by atoms with Gasteiger partial charge in [-0.25, -0.2) is 0 Å². The third-order valence-electron chi connectivity index (χ3n) is 6.06. The molecule has 3 aromatic rings. The second-order valence-electron chi connectivity index (χ2n) is 8.08. The predicted molar refractivity (Wildman–Crippen MR) is 122 cm³/mol. The molecule has 1 saturated heterocycles. The Labute approximate surface area is 183 Å². The number of pyridine rings is 1. The molecule has 0 bridgehead atoms. The van der Waals surface area contributed by atoms with Gasteiger partial charge in [-0.1, -0.05) is 6.07 Å². The number of amides is 1. The largest absolute Gasteiger partial charge is 0.496 e. The number of piperazine rings is 1. The molecule has 6 nitrogen and oxygen atoms in total. The van der Waals surface area contributed by atoms with Gasteiger partial charge in [-0.15, -0.1) is 0 Å². The highest BCUT2D eigenvalue weighted by atomic mass is 16.5. The zero-order valence-electron chi connectivity index (χ0n) is 18.6. The van der Waals surface area contributed by atoms with Crippen LogP contribution in [-0.2, 0) is 11.3 Å². The number of benzene rings is 1. The minimum atomic E-state index is 0.0391. The fraction of sp³-hybridized carbons (Fsp3) is 0.360. The van der Waals surface area contributed by atoms with Crippen molar-refractivity contribution in [2.75, 3.05) is 33.3 Å². The third kappa shape index (κ3) is 4.49. The van der Waals surface area contributed by atoms with Crippen LogP contribution >= 0.6 is 0 Å². The van der Waals surface area contributed by atoms with Gasteiger partial charge in [-0.05, 0) is 50.1 Å². The lowest BCUT2D eigenvalue weighted by molar-refractivity contribution is -0.127. The maximum absolute atomic E-state index is 12.9. The first-order valence-electron chi connectivity index (χ1n) is 10.6. The normalized spacial score (nSPS) is 15.5. The molecule has 1 amide bonds. The van der Waals surface area contributed by atoms with Gasteiger partial charge < -0.3 is 14.1 Å². The van der Waals surface area contributed by atoms with Gasteiger partial charge in [-0.3, -0.25) is 14.7 Å². The van der Waals surface area contributed by atoms with Crippen molar-refractivity contribution >= 4 is 22.4 Å². The van der Waals surface area contributed by atoms with Gasteiger partial charge >= 0.3 is 0 Å². The predicted octanol–water partition coefficient (Wildman–Crippen LogP) is 4.20. The summed E-state index contributed by atoms with van der Waals surface area (Å²) in [4.78, 5) is 21.6. The number of aromatic nitrogens is 1. The topological polar surface area (TPSA) is 58.8 Å². The number of rotatable bonds is 5. The Balaban J connectivity index is 1.46. The van der Waals surface area contributed by atoms with Gasteiger partial charge in [0, 0.05) is 62.0 Å². The SMILES string of the molecule is COc1cc2oc(C)c(C)c2cc1/C(C)=C/C(=O)N1CCN(Cc2ccccn2)CC1. The van der Waals surface area contributed by atoms with Gasteiger partial charge in [0.1, 0.15) is 17.1 Å². The maximum Gasteiger partial charge on any atom is 0.246 e. The lowest BCUT2D eigenvalue weighted by atomic mass is 10.0. The Morgan fingerprint density at radius 2 is 1.97 bits per heavy atom. The smallest absolute Gasteiger partial charge is 0.246 e. The lowest BCUT2D eigenvalue weighted by Crippen LogP contribution is -2.47. The highest BCUT2D eigenvalue weighted by Crippen LogP contribution is 2.34. The molecular weight excluding hydrogens is 390 g/mol. The van der Waals surface area contributed by atoms with Crippen LogP contribution in [0, 0.1) is 13.8 Å². The number of hydrogen-bond donors (Lipinski definition) is 0. The zero-order chi connectivity index (χ0) is 22.0. The summed E-state index contributed by atoms with van der Waals surface area (Å²) in [5.74, 6) is 1.65. The number of fused-ring (bicyclic) bond motifs is 1. The number of carbonyl (C=O) groups excluding carboxylic acids is 1. The molecule has 0 aliphatic carbocycles. The fourth-order valence-corrected chi connectivity index (χ4v) is 4.05. The van der Waals surface area contributed by atoms with Crippen LogP contribution in [0.1, 0.15) is 29.5 Å². The van der Waals surface area contributed by atoms with Crippen LogP contribution in [0.3, 0.4) is 0 Å². The van der Waals surface area contributed by atoms with E-state index in [1.807, 2.05) is 56.1 Å². The van der Waals surface area contributed by atoms with Crippen molar-refractivity contribution in [3.63, 3.8) is 0 Å². The Kier molecular flexibility index (Phi) is 6.09. The van der Waals surface area contributed by atoms with Crippen molar-refractivity contribution in [1.29, 1.82) is 0 Å². The molecule has 2 aromatic heterocycles. The zero-order valence-corrected chi connectivity index (χ0v) is 18.6. The second-order valence-corrected chi connectivity index (χ2v) is 8.08. The molecule has 1 aliphatic rings. The molecule has 0 saturated carbocycles. The monoisotopic (exact) mass is 419 g/mol. The van der Waals surface area contributed by atoms with E-state index in [1.54, 1.807) is 13.2 Å². The molecule has 4 rings (SSSR count). The Bertz CT molecular complexity index is 1110. The number of allylic oxidation sites excluding steroid dienone is 1. The number of carbonyl (C=O) groups is 1. The molecule has 1 fully saturated rings. The quantitative estimate of drug-likeness (QED) is 0.580. The van der Waals surface area contributed by atoms with Crippen molar-refractivity contribution in [1.82, 2.24) is 14.8 Å². The Hall–Kier alpha value is -3.12. The van der Waals surface area contributed by atoms with E-state index in [-0.39, 0.29) is 5.91 Å². The number of ether oxygens (including phenoxy) is 1. The second kappa shape index (κ2) is 8.94. The van der Waals surface area contributed by atoms with Crippen molar-refractivity contribution in [3.05, 3.63) is 65.2 Å². The molecular formula is C25H29N3O3. The molecule has 0 N–H and O–H groups in total. The number of furan rings is 1. The van der Waals surface area contributed by atoms with Crippen LogP contribution in [0.4, 0.5) is 0 Å². The van der Waals surface area contributed by atoms with Gasteiger partial charge in [0.05, 0.1) is 12.8 Å². The molecule has 31 heavy (non-hydrogen) atoms. The number of methoxy groups -OCH3 is 1. The standard InChI is InChI=1S/C25H29N3O3/c1-17(21-14-22-18(2)19(3)31-24(22)15-23(21)30-4)13-25(29)28-11-9-27(10-12-28)16-20-7-5-6-8-26-20/h5-8,13-15H,9-12,16H2,1-4H3/b17-13+. The summed E-state index contributed by atoms with van der Waals surface area (Å²) in [5.41, 5.74) is 4.78. The summed E-state index contributed by atoms with van der Waals surface area (Å²) in [5, 5.41) is 1.05. The first-order chi connectivity index (χ1) is 15.0. The highest BCUT2D eigenvalue weighted by molar-refractivity contribution is 5.97. The van der Waals surface area contributed by atoms with E-state index < -0.39 is 0 Å². The molecule has 1 aromatic carbocycles. The third-order valence-corrected chi connectivity index (χ3v) is 6.06. The molecule has 6 heteroatoms. The summed E-state index contributed by atoms with van der Waals surface area (Å²) in [6, 6.07) is 9.94. The van der Waals surface area contributed by atoms with Gasteiger partial charge in [0.15, 0.2) is 0 Å². The number of hydrogen-bond acceptors (Lipinski definition) is 5. The molecule has 0 radical (unpaired) electrons. The van der Waals surface area contributed by atoms with E-state index in [9.17, 15) is 4.79 Å². The van der Waals surface area contributed by atoms with Crippen molar-refractivity contribution < 1.29 is 13.9 Å². The minimum Gasteiger partial charge on any atom is -0.496 e. The number of nitrogens with zero attached hydrogens (tertiary/aromatic N) is 3. The average Bonchev–Trinajstić information content (AvgIpc) is 3.06. The van der Waals surface area contributed by atoms with Crippen molar-refractivity contribution in [2.45, 2.75) is 27.3 Å². The first kappa shape index (κ1) is 21.1. The van der Waals surface area contributed by atoms with Crippen LogP contribution in [-0.4, -0.2) is 54.0 Å². The molecule has 0 atom stereocenters. The van der Waals surface area contributed by atoms with Gasteiger partial charge in [0.2, 0.25) is 5.91 Å². The number of aryl methyl sites for hydroxylation is 2. The Morgan fingerprint density at radius 1 is 1.19 bits per heavy atom. The molecule has 0 spiro atoms. The van der Waals surface area contributed by atoms with Crippen LogP contribution in [0.15, 0.2) is 47.0 Å². The summed E-state index contributed by atoms with van der Waals surface area (Å²) < 4.78 is 11.4. The highest BCUT2D eigenvalue weighted by Gasteiger charge is 2.21. The van der Waals surface area contributed by atoms with Gasteiger partial charge in [0.25, 0.3) is 0 Å². The first-order valence-corrected chi connectivity index (χ1v) is 10.6.